The van der Waals surface area contributed by atoms with Crippen LogP contribution in [0.25, 0.3) is 10.8 Å². The molecule has 1 aromatic carbocycles. The lowest BCUT2D eigenvalue weighted by atomic mass is 10.1. The molecule has 84 valence electrons. The van der Waals surface area contributed by atoms with Crippen molar-refractivity contribution in [1.82, 2.24) is 9.88 Å². The molecule has 0 saturated heterocycles. The molecule has 0 aliphatic carbocycles. The van der Waals surface area contributed by atoms with Gasteiger partial charge < -0.3 is 10.6 Å². The number of rotatable bonds is 4. The van der Waals surface area contributed by atoms with Crippen molar-refractivity contribution in [3.63, 3.8) is 0 Å². The molecule has 1 heterocycles. The lowest BCUT2D eigenvalue weighted by molar-refractivity contribution is 0.337. The molecule has 0 aliphatic rings. The van der Waals surface area contributed by atoms with Gasteiger partial charge >= 0.3 is 0 Å². The third-order valence-corrected chi connectivity index (χ3v) is 2.70. The highest BCUT2D eigenvalue weighted by Crippen LogP contribution is 2.17. The molecule has 0 atom stereocenters. The molecule has 3 nitrogen and oxygen atoms in total. The summed E-state index contributed by atoms with van der Waals surface area (Å²) in [6.07, 6.45) is 3.84. The van der Waals surface area contributed by atoms with E-state index < -0.39 is 0 Å². The van der Waals surface area contributed by atoms with E-state index in [1.807, 2.05) is 18.5 Å². The molecule has 0 aliphatic heterocycles. The van der Waals surface area contributed by atoms with E-state index in [2.05, 4.69) is 35.1 Å². The van der Waals surface area contributed by atoms with Crippen molar-refractivity contribution in [2.45, 2.75) is 6.54 Å². The Morgan fingerprint density at radius 3 is 2.88 bits per heavy atom. The molecule has 3 heteroatoms. The van der Waals surface area contributed by atoms with Gasteiger partial charge in [0.1, 0.15) is 0 Å². The Hall–Kier alpha value is -1.45. The second-order valence-corrected chi connectivity index (χ2v) is 4.05. The van der Waals surface area contributed by atoms with Crippen LogP contribution < -0.4 is 5.73 Å². The molecular formula is C13H17N3. The summed E-state index contributed by atoms with van der Waals surface area (Å²) in [7, 11) is 2.08. The molecule has 0 bridgehead atoms. The SMILES string of the molecule is CN(CCN)Cc1cncc2ccccc12. The molecular weight excluding hydrogens is 198 g/mol. The molecule has 2 rings (SSSR count). The smallest absolute Gasteiger partial charge is 0.0346 e. The van der Waals surface area contributed by atoms with Gasteiger partial charge in [-0.1, -0.05) is 24.3 Å². The van der Waals surface area contributed by atoms with E-state index in [9.17, 15) is 0 Å². The Morgan fingerprint density at radius 1 is 1.25 bits per heavy atom. The van der Waals surface area contributed by atoms with Crippen LogP contribution in [-0.2, 0) is 6.54 Å². The van der Waals surface area contributed by atoms with Crippen LogP contribution in [0.4, 0.5) is 0 Å². The van der Waals surface area contributed by atoms with Gasteiger partial charge in [0.25, 0.3) is 0 Å². The van der Waals surface area contributed by atoms with Crippen molar-refractivity contribution in [1.29, 1.82) is 0 Å². The van der Waals surface area contributed by atoms with Crippen LogP contribution in [0.15, 0.2) is 36.7 Å². The summed E-state index contributed by atoms with van der Waals surface area (Å²) in [6.45, 7) is 2.49. The second-order valence-electron chi connectivity index (χ2n) is 4.05. The summed E-state index contributed by atoms with van der Waals surface area (Å²) in [5, 5.41) is 2.47. The topological polar surface area (TPSA) is 42.1 Å². The van der Waals surface area contributed by atoms with Gasteiger partial charge in [-0.25, -0.2) is 0 Å². The van der Waals surface area contributed by atoms with Crippen molar-refractivity contribution in [3.8, 4) is 0 Å². The first-order chi connectivity index (χ1) is 7.81. The highest BCUT2D eigenvalue weighted by Gasteiger charge is 2.03. The highest BCUT2D eigenvalue weighted by atomic mass is 15.1. The molecule has 0 radical (unpaired) electrons. The summed E-state index contributed by atoms with van der Waals surface area (Å²) in [5.41, 5.74) is 6.80. The van der Waals surface area contributed by atoms with Gasteiger partial charge in [-0.3, -0.25) is 4.98 Å². The van der Waals surface area contributed by atoms with Gasteiger partial charge in [0, 0.05) is 37.4 Å². The fourth-order valence-electron chi connectivity index (χ4n) is 1.90. The number of nitrogens with two attached hydrogens (primary N) is 1. The van der Waals surface area contributed by atoms with Crippen LogP contribution in [0.5, 0.6) is 0 Å². The monoisotopic (exact) mass is 215 g/mol. The van der Waals surface area contributed by atoms with Crippen LogP contribution in [0.2, 0.25) is 0 Å². The third kappa shape index (κ3) is 2.38. The molecule has 1 aromatic heterocycles. The zero-order valence-electron chi connectivity index (χ0n) is 9.56. The van der Waals surface area contributed by atoms with E-state index in [-0.39, 0.29) is 0 Å². The maximum absolute atomic E-state index is 5.54. The van der Waals surface area contributed by atoms with Gasteiger partial charge in [-0.2, -0.15) is 0 Å². The first kappa shape index (κ1) is 11.0. The van der Waals surface area contributed by atoms with Crippen LogP contribution in [0.3, 0.4) is 0 Å². The van der Waals surface area contributed by atoms with E-state index in [0.717, 1.165) is 13.1 Å². The van der Waals surface area contributed by atoms with Crippen LogP contribution in [0, 0.1) is 0 Å². The highest BCUT2D eigenvalue weighted by molar-refractivity contribution is 5.84. The lowest BCUT2D eigenvalue weighted by Gasteiger charge is -2.16. The van der Waals surface area contributed by atoms with Crippen LogP contribution in [-0.4, -0.2) is 30.0 Å². The average molecular weight is 215 g/mol. The number of likely N-dealkylation sites (N-methyl/N-ethyl adjacent to an activating group) is 1. The quantitative estimate of drug-likeness (QED) is 0.842. The number of nitrogens with zero attached hydrogens (tertiary/aromatic N) is 2. The van der Waals surface area contributed by atoms with E-state index in [0.29, 0.717) is 6.54 Å². The second kappa shape index (κ2) is 5.05. The Bertz CT molecular complexity index is 462. The predicted octanol–water partition coefficient (Wildman–Crippen LogP) is 1.63. The number of hydrogen-bond donors (Lipinski definition) is 1. The largest absolute Gasteiger partial charge is 0.329 e. The molecule has 0 saturated carbocycles. The van der Waals surface area contributed by atoms with Gasteiger partial charge in [-0.05, 0) is 18.0 Å². The number of fused-ring (bicyclic) bond motifs is 1. The summed E-state index contributed by atoms with van der Waals surface area (Å²) in [5.74, 6) is 0. The van der Waals surface area contributed by atoms with Crippen LogP contribution >= 0.6 is 0 Å². The van der Waals surface area contributed by atoms with E-state index >= 15 is 0 Å². The number of hydrogen-bond acceptors (Lipinski definition) is 3. The van der Waals surface area contributed by atoms with Crippen molar-refractivity contribution in [3.05, 3.63) is 42.2 Å². The van der Waals surface area contributed by atoms with E-state index in [1.165, 1.54) is 16.3 Å². The molecule has 0 spiro atoms. The van der Waals surface area contributed by atoms with Gasteiger partial charge in [-0.15, -0.1) is 0 Å². The fourth-order valence-corrected chi connectivity index (χ4v) is 1.90. The van der Waals surface area contributed by atoms with Crippen molar-refractivity contribution in [2.75, 3.05) is 20.1 Å². The number of pyridine rings is 1. The first-order valence-corrected chi connectivity index (χ1v) is 5.51. The Morgan fingerprint density at radius 2 is 2.06 bits per heavy atom. The minimum atomic E-state index is 0.689. The van der Waals surface area contributed by atoms with Crippen molar-refractivity contribution in [2.24, 2.45) is 5.73 Å². The Labute approximate surface area is 95.9 Å². The van der Waals surface area contributed by atoms with E-state index in [4.69, 9.17) is 5.73 Å². The third-order valence-electron chi connectivity index (χ3n) is 2.70. The van der Waals surface area contributed by atoms with Gasteiger partial charge in [0.05, 0.1) is 0 Å². The maximum Gasteiger partial charge on any atom is 0.0346 e. The summed E-state index contributed by atoms with van der Waals surface area (Å²) in [4.78, 5) is 6.48. The lowest BCUT2D eigenvalue weighted by Crippen LogP contribution is -2.25. The number of aromatic nitrogens is 1. The Kier molecular flexibility index (Phi) is 3.49. The van der Waals surface area contributed by atoms with E-state index in [1.54, 1.807) is 0 Å². The Balaban J connectivity index is 2.30. The zero-order valence-corrected chi connectivity index (χ0v) is 9.56. The summed E-state index contributed by atoms with van der Waals surface area (Å²) >= 11 is 0. The minimum Gasteiger partial charge on any atom is -0.329 e. The molecule has 2 N–H and O–H groups in total. The molecule has 0 amide bonds. The zero-order chi connectivity index (χ0) is 11.4. The van der Waals surface area contributed by atoms with Crippen LogP contribution in [0.1, 0.15) is 5.56 Å². The molecule has 2 aromatic rings. The first-order valence-electron chi connectivity index (χ1n) is 5.51. The normalized spacial score (nSPS) is 11.2. The predicted molar refractivity (Wildman–Crippen MR) is 67.1 cm³/mol. The van der Waals surface area contributed by atoms with Gasteiger partial charge in [0.2, 0.25) is 0 Å². The minimum absolute atomic E-state index is 0.689. The van der Waals surface area contributed by atoms with Crippen molar-refractivity contribution < 1.29 is 0 Å². The molecule has 16 heavy (non-hydrogen) atoms. The number of benzene rings is 1. The standard InChI is InChI=1S/C13H17N3/c1-16(7-6-14)10-12-9-15-8-11-4-2-3-5-13(11)12/h2-5,8-9H,6-7,10,14H2,1H3. The van der Waals surface area contributed by atoms with Crippen molar-refractivity contribution >= 4 is 10.8 Å². The fraction of sp³-hybridized carbons (Fsp3) is 0.308. The van der Waals surface area contributed by atoms with Gasteiger partial charge in [0.15, 0.2) is 0 Å². The summed E-state index contributed by atoms with van der Waals surface area (Å²) in [6, 6.07) is 8.34. The molecule has 0 unspecified atom stereocenters. The molecule has 0 fully saturated rings. The summed E-state index contributed by atoms with van der Waals surface area (Å²) < 4.78 is 0. The average Bonchev–Trinajstić information content (AvgIpc) is 2.30. The maximum atomic E-state index is 5.54.